The maximum absolute atomic E-state index is 5.72. The predicted octanol–water partition coefficient (Wildman–Crippen LogP) is 4.49. The van der Waals surface area contributed by atoms with Crippen LogP contribution in [0.2, 0.25) is 0 Å². The molecule has 29 heavy (non-hydrogen) atoms. The van der Waals surface area contributed by atoms with Gasteiger partial charge in [0.05, 0.1) is 6.20 Å². The van der Waals surface area contributed by atoms with Gasteiger partial charge in [-0.15, -0.1) is 0 Å². The summed E-state index contributed by atoms with van der Waals surface area (Å²) in [7, 11) is 0. The lowest BCUT2D eigenvalue weighted by Gasteiger charge is -2.21. The van der Waals surface area contributed by atoms with E-state index in [-0.39, 0.29) is 6.04 Å². The molecule has 1 aromatic carbocycles. The van der Waals surface area contributed by atoms with Gasteiger partial charge in [-0.1, -0.05) is 6.07 Å². The van der Waals surface area contributed by atoms with Crippen molar-refractivity contribution in [2.45, 2.75) is 53.2 Å². The van der Waals surface area contributed by atoms with Gasteiger partial charge < -0.3 is 19.4 Å². The largest absolute Gasteiger partial charge is 0.486 e. The number of hydrogen-bond acceptors (Lipinski definition) is 4. The Hall–Kier alpha value is -2.73. The van der Waals surface area contributed by atoms with Crippen molar-refractivity contribution in [3.63, 3.8) is 0 Å². The van der Waals surface area contributed by atoms with Crippen LogP contribution in [0, 0.1) is 13.8 Å². The highest BCUT2D eigenvalue weighted by Gasteiger charge is 2.17. The SMILES string of the molecule is Cc1cc(CNC(C)c2ccc3c(c2)OCCO3)c(C)n1-c1ccnn1C(C)C. The molecule has 0 spiro atoms. The van der Waals surface area contributed by atoms with Crippen LogP contribution in [-0.2, 0) is 6.54 Å². The van der Waals surface area contributed by atoms with Gasteiger partial charge in [-0.25, -0.2) is 4.68 Å². The van der Waals surface area contributed by atoms with Crippen LogP contribution in [0.1, 0.15) is 55.4 Å². The molecule has 6 heteroatoms. The Morgan fingerprint density at radius 3 is 2.55 bits per heavy atom. The zero-order valence-corrected chi connectivity index (χ0v) is 17.9. The molecular formula is C23H30N4O2. The van der Waals surface area contributed by atoms with Crippen molar-refractivity contribution in [1.29, 1.82) is 0 Å². The highest BCUT2D eigenvalue weighted by molar-refractivity contribution is 5.44. The Morgan fingerprint density at radius 1 is 1.03 bits per heavy atom. The van der Waals surface area contributed by atoms with Crippen molar-refractivity contribution in [3.8, 4) is 17.3 Å². The van der Waals surface area contributed by atoms with Gasteiger partial charge in [-0.2, -0.15) is 5.10 Å². The van der Waals surface area contributed by atoms with Gasteiger partial charge in [-0.05, 0) is 63.9 Å². The first-order chi connectivity index (χ1) is 14.0. The van der Waals surface area contributed by atoms with E-state index in [0.717, 1.165) is 23.9 Å². The quantitative estimate of drug-likeness (QED) is 0.669. The molecule has 1 N–H and O–H groups in total. The molecule has 154 valence electrons. The lowest BCUT2D eigenvalue weighted by molar-refractivity contribution is 0.171. The third-order valence-corrected chi connectivity index (χ3v) is 5.57. The minimum Gasteiger partial charge on any atom is -0.486 e. The first-order valence-corrected chi connectivity index (χ1v) is 10.3. The first-order valence-electron chi connectivity index (χ1n) is 10.3. The van der Waals surface area contributed by atoms with Gasteiger partial charge in [0.1, 0.15) is 19.0 Å². The normalized spacial score (nSPS) is 14.4. The number of aromatic nitrogens is 3. The van der Waals surface area contributed by atoms with Crippen LogP contribution in [-0.4, -0.2) is 27.6 Å². The number of nitrogens with one attached hydrogen (secondary N) is 1. The monoisotopic (exact) mass is 394 g/mol. The van der Waals surface area contributed by atoms with Crippen LogP contribution < -0.4 is 14.8 Å². The Balaban J connectivity index is 1.51. The van der Waals surface area contributed by atoms with Crippen LogP contribution in [0.3, 0.4) is 0 Å². The molecule has 4 rings (SSSR count). The van der Waals surface area contributed by atoms with E-state index in [4.69, 9.17) is 9.47 Å². The van der Waals surface area contributed by atoms with Crippen molar-refractivity contribution in [1.82, 2.24) is 19.7 Å². The molecule has 0 amide bonds. The topological polar surface area (TPSA) is 53.2 Å². The third kappa shape index (κ3) is 3.77. The Labute approximate surface area is 172 Å². The second kappa shape index (κ2) is 7.95. The van der Waals surface area contributed by atoms with Crippen LogP contribution in [0.5, 0.6) is 11.5 Å². The maximum atomic E-state index is 5.72. The molecule has 0 saturated heterocycles. The second-order valence-corrected chi connectivity index (χ2v) is 7.97. The molecular weight excluding hydrogens is 364 g/mol. The van der Waals surface area contributed by atoms with Crippen molar-refractivity contribution in [3.05, 3.63) is 59.0 Å². The number of aryl methyl sites for hydroxylation is 1. The number of ether oxygens (including phenoxy) is 2. The van der Waals surface area contributed by atoms with E-state index in [1.165, 1.54) is 22.5 Å². The lowest BCUT2D eigenvalue weighted by Crippen LogP contribution is -2.20. The fraction of sp³-hybridized carbons (Fsp3) is 0.435. The van der Waals surface area contributed by atoms with Gasteiger partial charge in [0.25, 0.3) is 0 Å². The van der Waals surface area contributed by atoms with E-state index in [0.29, 0.717) is 19.3 Å². The molecule has 0 saturated carbocycles. The molecule has 1 aliphatic rings. The van der Waals surface area contributed by atoms with Crippen LogP contribution >= 0.6 is 0 Å². The average Bonchev–Trinajstić information content (AvgIpc) is 3.29. The van der Waals surface area contributed by atoms with Crippen molar-refractivity contribution in [2.24, 2.45) is 0 Å². The van der Waals surface area contributed by atoms with Gasteiger partial charge in [-0.3, -0.25) is 0 Å². The molecule has 0 aliphatic carbocycles. The number of hydrogen-bond donors (Lipinski definition) is 1. The summed E-state index contributed by atoms with van der Waals surface area (Å²) in [6.07, 6.45) is 1.87. The zero-order chi connectivity index (χ0) is 20.5. The first kappa shape index (κ1) is 19.6. The lowest BCUT2D eigenvalue weighted by atomic mass is 10.1. The standard InChI is InChI=1S/C23H30N4O2/c1-15(2)27-23(8-9-25-27)26-16(3)12-20(18(26)5)14-24-17(4)19-6-7-21-22(13-19)29-11-10-28-21/h6-9,12-13,15,17,24H,10-11,14H2,1-5H3. The minimum absolute atomic E-state index is 0.204. The Morgan fingerprint density at radius 2 is 1.79 bits per heavy atom. The molecule has 0 bridgehead atoms. The highest BCUT2D eigenvalue weighted by atomic mass is 16.6. The third-order valence-electron chi connectivity index (χ3n) is 5.57. The zero-order valence-electron chi connectivity index (χ0n) is 17.9. The molecule has 2 aromatic heterocycles. The summed E-state index contributed by atoms with van der Waals surface area (Å²) in [5.74, 6) is 2.78. The van der Waals surface area contributed by atoms with E-state index >= 15 is 0 Å². The number of benzene rings is 1. The van der Waals surface area contributed by atoms with Crippen LogP contribution in [0.25, 0.3) is 5.82 Å². The summed E-state index contributed by atoms with van der Waals surface area (Å²) in [5, 5.41) is 8.14. The summed E-state index contributed by atoms with van der Waals surface area (Å²) in [6.45, 7) is 12.8. The summed E-state index contributed by atoms with van der Waals surface area (Å²) in [5.41, 5.74) is 4.95. The molecule has 1 unspecified atom stereocenters. The molecule has 1 aliphatic heterocycles. The maximum Gasteiger partial charge on any atom is 0.161 e. The number of rotatable bonds is 6. The fourth-order valence-electron chi connectivity index (χ4n) is 3.95. The van der Waals surface area contributed by atoms with E-state index in [2.05, 4.69) is 78.5 Å². The summed E-state index contributed by atoms with van der Waals surface area (Å²) in [4.78, 5) is 0. The smallest absolute Gasteiger partial charge is 0.161 e. The van der Waals surface area contributed by atoms with Crippen molar-refractivity contribution < 1.29 is 9.47 Å². The van der Waals surface area contributed by atoms with Gasteiger partial charge in [0.2, 0.25) is 0 Å². The van der Waals surface area contributed by atoms with Crippen LogP contribution in [0.4, 0.5) is 0 Å². The molecule has 1 atom stereocenters. The highest BCUT2D eigenvalue weighted by Crippen LogP contribution is 2.32. The second-order valence-electron chi connectivity index (χ2n) is 7.97. The van der Waals surface area contributed by atoms with Gasteiger partial charge in [0, 0.05) is 36.1 Å². The van der Waals surface area contributed by atoms with Gasteiger partial charge >= 0.3 is 0 Å². The van der Waals surface area contributed by atoms with E-state index in [9.17, 15) is 0 Å². The predicted molar refractivity (Wildman–Crippen MR) is 114 cm³/mol. The fourth-order valence-corrected chi connectivity index (χ4v) is 3.95. The van der Waals surface area contributed by atoms with Crippen molar-refractivity contribution >= 4 is 0 Å². The summed E-state index contributed by atoms with van der Waals surface area (Å²) >= 11 is 0. The van der Waals surface area contributed by atoms with E-state index in [1.807, 2.05) is 12.3 Å². The van der Waals surface area contributed by atoms with Crippen LogP contribution in [0.15, 0.2) is 36.5 Å². The molecule has 3 aromatic rings. The minimum atomic E-state index is 0.204. The average molecular weight is 395 g/mol. The molecule has 0 fully saturated rings. The summed E-state index contributed by atoms with van der Waals surface area (Å²) < 4.78 is 15.7. The van der Waals surface area contributed by atoms with Gasteiger partial charge in [0.15, 0.2) is 11.5 Å². The molecule has 3 heterocycles. The number of nitrogens with zero attached hydrogens (tertiary/aromatic N) is 3. The van der Waals surface area contributed by atoms with Crippen molar-refractivity contribution in [2.75, 3.05) is 13.2 Å². The molecule has 6 nitrogen and oxygen atoms in total. The Kier molecular flexibility index (Phi) is 5.37. The molecule has 0 radical (unpaired) electrons. The van der Waals surface area contributed by atoms with E-state index < -0.39 is 0 Å². The van der Waals surface area contributed by atoms with E-state index in [1.54, 1.807) is 0 Å². The summed E-state index contributed by atoms with van der Waals surface area (Å²) in [6, 6.07) is 11.0. The Bertz CT molecular complexity index is 1000. The number of fused-ring (bicyclic) bond motifs is 1.